The predicted molar refractivity (Wildman–Crippen MR) is 114 cm³/mol. The van der Waals surface area contributed by atoms with Crippen molar-refractivity contribution in [2.24, 2.45) is 0 Å². The Morgan fingerprint density at radius 1 is 1.16 bits per heavy atom. The highest BCUT2D eigenvalue weighted by atomic mass is 28.3. The van der Waals surface area contributed by atoms with Crippen LogP contribution in [0.2, 0.25) is 25.7 Å². The summed E-state index contributed by atoms with van der Waals surface area (Å²) in [7, 11) is -1.17. The van der Waals surface area contributed by atoms with Crippen LogP contribution in [0.15, 0.2) is 43.4 Å². The van der Waals surface area contributed by atoms with Gasteiger partial charge in [0, 0.05) is 45.7 Å². The van der Waals surface area contributed by atoms with E-state index in [1.54, 1.807) is 11.0 Å². The SMILES string of the molecule is C[Si](C)(C)CCOCn1ccc2c(N3C=CN(C(CC#N)C(F)(F)F)C=C3)ncnc21. The van der Waals surface area contributed by atoms with Gasteiger partial charge in [0.2, 0.25) is 0 Å². The van der Waals surface area contributed by atoms with Gasteiger partial charge in [0.05, 0.1) is 17.9 Å². The topological polar surface area (TPSA) is 70.2 Å². The van der Waals surface area contributed by atoms with E-state index in [0.29, 0.717) is 24.8 Å². The van der Waals surface area contributed by atoms with Crippen LogP contribution >= 0.6 is 0 Å². The minimum atomic E-state index is -4.51. The molecule has 166 valence electrons. The number of nitrogens with zero attached hydrogens (tertiary/aromatic N) is 6. The van der Waals surface area contributed by atoms with Gasteiger partial charge in [0.15, 0.2) is 0 Å². The average Bonchev–Trinajstić information content (AvgIpc) is 3.11. The number of alkyl halides is 3. The molecule has 3 heterocycles. The van der Waals surface area contributed by atoms with E-state index in [-0.39, 0.29) is 0 Å². The maximum absolute atomic E-state index is 13.2. The van der Waals surface area contributed by atoms with Crippen molar-refractivity contribution in [1.82, 2.24) is 19.4 Å². The number of anilines is 1. The Morgan fingerprint density at radius 3 is 2.48 bits per heavy atom. The number of hydrogen-bond acceptors (Lipinski definition) is 6. The van der Waals surface area contributed by atoms with Gasteiger partial charge in [-0.1, -0.05) is 19.6 Å². The highest BCUT2D eigenvalue weighted by molar-refractivity contribution is 6.76. The minimum Gasteiger partial charge on any atom is -0.361 e. The van der Waals surface area contributed by atoms with Crippen molar-refractivity contribution in [3.8, 4) is 6.07 Å². The zero-order valence-corrected chi connectivity index (χ0v) is 18.7. The molecule has 1 unspecified atom stereocenters. The number of nitriles is 1. The van der Waals surface area contributed by atoms with Gasteiger partial charge >= 0.3 is 6.18 Å². The third kappa shape index (κ3) is 5.65. The summed E-state index contributed by atoms with van der Waals surface area (Å²) in [6, 6.07) is 2.62. The van der Waals surface area contributed by atoms with E-state index >= 15 is 0 Å². The van der Waals surface area contributed by atoms with E-state index in [2.05, 4.69) is 29.6 Å². The molecule has 0 fully saturated rings. The molecule has 0 aromatic carbocycles. The molecule has 2 aromatic heterocycles. The second-order valence-electron chi connectivity index (χ2n) is 8.44. The number of fused-ring (bicyclic) bond motifs is 1. The molecule has 0 N–H and O–H groups in total. The van der Waals surface area contributed by atoms with Crippen LogP contribution < -0.4 is 4.90 Å². The lowest BCUT2D eigenvalue weighted by Crippen LogP contribution is -2.41. The fourth-order valence-electron chi connectivity index (χ4n) is 3.06. The Balaban J connectivity index is 1.74. The second kappa shape index (κ2) is 9.11. The summed E-state index contributed by atoms with van der Waals surface area (Å²) in [6.07, 6.45) is 3.66. The third-order valence-corrected chi connectivity index (χ3v) is 6.53. The normalized spacial score (nSPS) is 15.5. The zero-order chi connectivity index (χ0) is 22.6. The van der Waals surface area contributed by atoms with Crippen LogP contribution in [-0.2, 0) is 11.5 Å². The van der Waals surface area contributed by atoms with Crippen molar-refractivity contribution >= 4 is 24.9 Å². The number of rotatable bonds is 8. The van der Waals surface area contributed by atoms with E-state index in [0.717, 1.165) is 16.3 Å². The van der Waals surface area contributed by atoms with Crippen LogP contribution in [0.1, 0.15) is 6.42 Å². The van der Waals surface area contributed by atoms with Crippen molar-refractivity contribution in [3.63, 3.8) is 0 Å². The van der Waals surface area contributed by atoms with Crippen molar-refractivity contribution in [3.05, 3.63) is 43.4 Å². The summed E-state index contributed by atoms with van der Waals surface area (Å²) in [6.45, 7) is 7.92. The number of ether oxygens (including phenoxy) is 1. The van der Waals surface area contributed by atoms with E-state index in [1.165, 1.54) is 31.1 Å². The molecule has 3 rings (SSSR count). The largest absolute Gasteiger partial charge is 0.410 e. The molecule has 0 saturated carbocycles. The Hall–Kier alpha value is -2.84. The van der Waals surface area contributed by atoms with Gasteiger partial charge in [-0.05, 0) is 12.1 Å². The predicted octanol–water partition coefficient (Wildman–Crippen LogP) is 4.65. The van der Waals surface area contributed by atoms with E-state index in [4.69, 9.17) is 10.00 Å². The zero-order valence-electron chi connectivity index (χ0n) is 17.7. The van der Waals surface area contributed by atoms with Gasteiger partial charge < -0.3 is 19.1 Å². The lowest BCUT2D eigenvalue weighted by molar-refractivity contribution is -0.170. The molecule has 1 aliphatic rings. The summed E-state index contributed by atoms with van der Waals surface area (Å²) >= 11 is 0. The lowest BCUT2D eigenvalue weighted by Gasteiger charge is -2.31. The molecule has 7 nitrogen and oxygen atoms in total. The molecule has 11 heteroatoms. The van der Waals surface area contributed by atoms with Crippen molar-refractivity contribution < 1.29 is 17.9 Å². The van der Waals surface area contributed by atoms with Crippen molar-refractivity contribution in [1.29, 1.82) is 5.26 Å². The lowest BCUT2D eigenvalue weighted by atomic mass is 10.2. The standard InChI is InChI=1S/C20H25F3N6OSi/c1-31(2,3)13-12-30-15-29-7-5-16-18(25-14-26-19(16)29)28-10-8-27(9-11-28)17(4-6-24)20(21,22)23/h5,7-11,14,17H,4,12-13,15H2,1-3H3. The summed E-state index contributed by atoms with van der Waals surface area (Å²) < 4.78 is 47.3. The van der Waals surface area contributed by atoms with E-state index in [9.17, 15) is 13.2 Å². The Labute approximate surface area is 180 Å². The molecular weight excluding hydrogens is 425 g/mol. The van der Waals surface area contributed by atoms with Crippen LogP contribution in [0, 0.1) is 11.3 Å². The molecule has 2 aromatic rings. The smallest absolute Gasteiger partial charge is 0.361 e. The Kier molecular flexibility index (Phi) is 6.71. The highest BCUT2D eigenvalue weighted by Gasteiger charge is 2.42. The highest BCUT2D eigenvalue weighted by Crippen LogP contribution is 2.31. The Morgan fingerprint density at radius 2 is 1.87 bits per heavy atom. The molecule has 0 aliphatic carbocycles. The molecule has 0 amide bonds. The van der Waals surface area contributed by atoms with Gasteiger partial charge in [-0.3, -0.25) is 0 Å². The molecule has 0 spiro atoms. The van der Waals surface area contributed by atoms with Crippen LogP contribution in [0.25, 0.3) is 11.0 Å². The first-order valence-electron chi connectivity index (χ1n) is 9.84. The summed E-state index contributed by atoms with van der Waals surface area (Å²) in [5.41, 5.74) is 0.680. The molecule has 1 atom stereocenters. The maximum Gasteiger partial charge on any atom is 0.410 e. The first-order chi connectivity index (χ1) is 14.6. The Bertz CT molecular complexity index is 991. The van der Waals surface area contributed by atoms with Gasteiger partial charge in [-0.2, -0.15) is 18.4 Å². The van der Waals surface area contributed by atoms with Crippen molar-refractivity contribution in [2.45, 2.75) is 51.1 Å². The van der Waals surface area contributed by atoms with E-state index < -0.39 is 26.7 Å². The summed E-state index contributed by atoms with van der Waals surface area (Å²) in [5.74, 6) is 0.543. The first kappa shape index (κ1) is 22.8. The van der Waals surface area contributed by atoms with Gasteiger partial charge in [-0.15, -0.1) is 0 Å². The monoisotopic (exact) mass is 450 g/mol. The molecule has 31 heavy (non-hydrogen) atoms. The van der Waals surface area contributed by atoms with Crippen molar-refractivity contribution in [2.75, 3.05) is 11.5 Å². The molecule has 1 aliphatic heterocycles. The third-order valence-electron chi connectivity index (χ3n) is 4.83. The van der Waals surface area contributed by atoms with Gasteiger partial charge in [0.25, 0.3) is 0 Å². The fraction of sp³-hybridized carbons (Fsp3) is 0.450. The number of hydrogen-bond donors (Lipinski definition) is 0. The summed E-state index contributed by atoms with van der Waals surface area (Å²) in [4.78, 5) is 11.2. The molecule has 0 bridgehead atoms. The molecular formula is C20H25F3N6OSi. The first-order valence-corrected chi connectivity index (χ1v) is 13.5. The van der Waals surface area contributed by atoms with Crippen LogP contribution in [0.4, 0.5) is 19.0 Å². The maximum atomic E-state index is 13.2. The molecule has 0 radical (unpaired) electrons. The average molecular weight is 451 g/mol. The molecule has 0 saturated heterocycles. The van der Waals surface area contributed by atoms with Crippen LogP contribution in [-0.4, -0.2) is 46.3 Å². The van der Waals surface area contributed by atoms with Gasteiger partial charge in [-0.25, -0.2) is 9.97 Å². The van der Waals surface area contributed by atoms with Crippen LogP contribution in [0.5, 0.6) is 0 Å². The van der Waals surface area contributed by atoms with Gasteiger partial charge in [0.1, 0.15) is 30.6 Å². The minimum absolute atomic E-state index is 0.366. The number of aromatic nitrogens is 3. The summed E-state index contributed by atoms with van der Waals surface area (Å²) in [5, 5.41) is 9.49. The number of halogens is 3. The van der Waals surface area contributed by atoms with E-state index in [1.807, 2.05) is 16.8 Å². The quantitative estimate of drug-likeness (QED) is 0.431. The van der Waals surface area contributed by atoms with Crippen LogP contribution in [0.3, 0.4) is 0 Å². The fourth-order valence-corrected chi connectivity index (χ4v) is 3.82. The second-order valence-corrected chi connectivity index (χ2v) is 14.1.